The van der Waals surface area contributed by atoms with Crippen molar-refractivity contribution in [3.05, 3.63) is 128 Å². The minimum atomic E-state index is -0.713. The number of oxime groups is 1. The molecular weight excluding hydrogens is 565 g/mol. The van der Waals surface area contributed by atoms with Gasteiger partial charge in [-0.3, -0.25) is 9.59 Å². The highest BCUT2D eigenvalue weighted by molar-refractivity contribution is 7.09. The molecule has 0 radical (unpaired) electrons. The van der Waals surface area contributed by atoms with Crippen LogP contribution in [0.3, 0.4) is 0 Å². The first-order chi connectivity index (χ1) is 19.5. The van der Waals surface area contributed by atoms with Crippen LogP contribution in [0.5, 0.6) is 0 Å². The molecule has 40 heavy (non-hydrogen) atoms. The summed E-state index contributed by atoms with van der Waals surface area (Å²) < 4.78 is 0. The topological polar surface area (TPSA) is 71.0 Å². The lowest BCUT2D eigenvalue weighted by atomic mass is 9.90. The normalized spacial score (nSPS) is 15.9. The van der Waals surface area contributed by atoms with Crippen LogP contribution in [0.15, 0.2) is 102 Å². The molecule has 6 nitrogen and oxygen atoms in total. The van der Waals surface area contributed by atoms with Crippen LogP contribution in [0, 0.1) is 0 Å². The van der Waals surface area contributed by atoms with Gasteiger partial charge in [0, 0.05) is 11.3 Å². The van der Waals surface area contributed by atoms with E-state index < -0.39 is 12.0 Å². The van der Waals surface area contributed by atoms with E-state index in [1.807, 2.05) is 84.2 Å². The molecule has 0 saturated carbocycles. The number of carbonyl (C=O) groups is 2. The van der Waals surface area contributed by atoms with Crippen LogP contribution in [-0.2, 0) is 27.6 Å². The second-order valence-corrected chi connectivity index (χ2v) is 11.3. The number of thiophene rings is 1. The first-order valence-electron chi connectivity index (χ1n) is 12.8. The predicted octanol–water partition coefficient (Wildman–Crippen LogP) is 6.68. The molecule has 2 amide bonds. The quantitative estimate of drug-likeness (QED) is 0.221. The Morgan fingerprint density at radius 3 is 2.27 bits per heavy atom. The van der Waals surface area contributed by atoms with Gasteiger partial charge in [-0.2, -0.15) is 0 Å². The van der Waals surface area contributed by atoms with Crippen LogP contribution >= 0.6 is 34.5 Å². The van der Waals surface area contributed by atoms with Crippen molar-refractivity contribution >= 4 is 52.1 Å². The van der Waals surface area contributed by atoms with E-state index in [1.165, 1.54) is 0 Å². The highest BCUT2D eigenvalue weighted by Crippen LogP contribution is 2.30. The number of amides is 2. The predicted molar refractivity (Wildman–Crippen MR) is 160 cm³/mol. The summed E-state index contributed by atoms with van der Waals surface area (Å²) in [5, 5.41) is 10.2. The first kappa shape index (κ1) is 27.9. The van der Waals surface area contributed by atoms with Crippen molar-refractivity contribution in [3.63, 3.8) is 0 Å². The second kappa shape index (κ2) is 13.1. The molecule has 4 aromatic rings. The Morgan fingerprint density at radius 2 is 1.65 bits per heavy atom. The molecule has 0 unspecified atom stereocenters. The van der Waals surface area contributed by atoms with E-state index in [0.717, 1.165) is 21.6 Å². The van der Waals surface area contributed by atoms with Crippen molar-refractivity contribution < 1.29 is 14.4 Å². The fraction of sp³-hybridized carbons (Fsp3) is 0.194. The van der Waals surface area contributed by atoms with Gasteiger partial charge in [-0.1, -0.05) is 101 Å². The number of carbonyl (C=O) groups excluding carboxylic acids is 2. The van der Waals surface area contributed by atoms with Gasteiger partial charge >= 0.3 is 0 Å². The minimum Gasteiger partial charge on any atom is -0.391 e. The lowest BCUT2D eigenvalue weighted by molar-refractivity contribution is -0.138. The van der Waals surface area contributed by atoms with Crippen LogP contribution in [-0.4, -0.2) is 35.0 Å². The summed E-state index contributed by atoms with van der Waals surface area (Å²) in [6.45, 7) is 0.768. The zero-order chi connectivity index (χ0) is 27.9. The second-order valence-electron chi connectivity index (χ2n) is 9.42. The van der Waals surface area contributed by atoms with Crippen LogP contribution in [0.1, 0.15) is 33.9 Å². The summed E-state index contributed by atoms with van der Waals surface area (Å²) >= 11 is 13.7. The van der Waals surface area contributed by atoms with Gasteiger partial charge < -0.3 is 15.1 Å². The molecule has 0 spiro atoms. The summed E-state index contributed by atoms with van der Waals surface area (Å²) in [5.41, 5.74) is 3.14. The summed E-state index contributed by atoms with van der Waals surface area (Å²) in [7, 11) is 0. The Kier molecular flexibility index (Phi) is 9.16. The number of hydrogen-bond acceptors (Lipinski definition) is 5. The number of halogens is 2. The van der Waals surface area contributed by atoms with Crippen molar-refractivity contribution in [2.75, 3.05) is 6.54 Å². The van der Waals surface area contributed by atoms with E-state index in [-0.39, 0.29) is 31.4 Å². The van der Waals surface area contributed by atoms with Crippen LogP contribution < -0.4 is 5.32 Å². The van der Waals surface area contributed by atoms with E-state index in [0.29, 0.717) is 22.3 Å². The Hall–Kier alpha value is -3.65. The monoisotopic (exact) mass is 591 g/mol. The van der Waals surface area contributed by atoms with Crippen molar-refractivity contribution in [1.82, 2.24) is 10.2 Å². The van der Waals surface area contributed by atoms with Gasteiger partial charge in [0.15, 0.2) is 0 Å². The maximum absolute atomic E-state index is 14.2. The van der Waals surface area contributed by atoms with Gasteiger partial charge in [-0.25, -0.2) is 0 Å². The summed E-state index contributed by atoms with van der Waals surface area (Å²) in [4.78, 5) is 35.9. The molecular formula is C31H27Cl2N3O3S. The van der Waals surface area contributed by atoms with E-state index in [2.05, 4.69) is 10.5 Å². The standard InChI is InChI=1S/C31H27Cl2N3O3S/c32-26-14-13-21(16-27(26)33)20-39-35-24-17-28(30(37)34-18-25-12-7-15-40-25)36(19-24)31(38)29(22-8-3-1-4-9-22)23-10-5-2-6-11-23/h1-16,28-29H,17-20H2,(H,34,37)/t28-/m0/s1. The summed E-state index contributed by atoms with van der Waals surface area (Å²) in [6, 6.07) is 27.7. The van der Waals surface area contributed by atoms with Gasteiger partial charge in [-0.15, -0.1) is 11.3 Å². The largest absolute Gasteiger partial charge is 0.391 e. The van der Waals surface area contributed by atoms with Gasteiger partial charge in [0.2, 0.25) is 11.8 Å². The Morgan fingerprint density at radius 1 is 0.950 bits per heavy atom. The molecule has 0 bridgehead atoms. The van der Waals surface area contributed by atoms with Crippen molar-refractivity contribution in [3.8, 4) is 0 Å². The Bertz CT molecular complexity index is 1440. The number of rotatable bonds is 9. The average molecular weight is 593 g/mol. The van der Waals surface area contributed by atoms with Crippen molar-refractivity contribution in [1.29, 1.82) is 0 Å². The van der Waals surface area contributed by atoms with Gasteiger partial charge in [0.1, 0.15) is 12.6 Å². The molecule has 3 aromatic carbocycles. The molecule has 9 heteroatoms. The number of nitrogens with zero attached hydrogens (tertiary/aromatic N) is 2. The number of benzene rings is 3. The molecule has 1 N–H and O–H groups in total. The molecule has 1 aliphatic rings. The third-order valence-electron chi connectivity index (χ3n) is 6.68. The first-order valence-corrected chi connectivity index (χ1v) is 14.4. The van der Waals surface area contributed by atoms with Crippen LogP contribution in [0.25, 0.3) is 0 Å². The smallest absolute Gasteiger partial charge is 0.243 e. The van der Waals surface area contributed by atoms with Gasteiger partial charge in [0.05, 0.1) is 34.8 Å². The maximum atomic E-state index is 14.2. The number of nitrogens with one attached hydrogen (secondary N) is 1. The third kappa shape index (κ3) is 6.73. The summed E-state index contributed by atoms with van der Waals surface area (Å²) in [5.74, 6) is -0.953. The molecule has 1 saturated heterocycles. The molecule has 2 heterocycles. The van der Waals surface area contributed by atoms with Crippen molar-refractivity contribution in [2.45, 2.75) is 31.5 Å². The molecule has 204 valence electrons. The molecule has 5 rings (SSSR count). The maximum Gasteiger partial charge on any atom is 0.243 e. The number of likely N-dealkylation sites (tertiary alicyclic amines) is 1. The third-order valence-corrected chi connectivity index (χ3v) is 8.30. The van der Waals surface area contributed by atoms with Gasteiger partial charge in [0.25, 0.3) is 0 Å². The zero-order valence-corrected chi connectivity index (χ0v) is 23.8. The van der Waals surface area contributed by atoms with Crippen LogP contribution in [0.4, 0.5) is 0 Å². The van der Waals surface area contributed by atoms with Gasteiger partial charge in [-0.05, 0) is 40.3 Å². The van der Waals surface area contributed by atoms with E-state index >= 15 is 0 Å². The summed E-state index contributed by atoms with van der Waals surface area (Å²) in [6.07, 6.45) is 0.277. The Labute approximate surface area is 247 Å². The van der Waals surface area contributed by atoms with Crippen LogP contribution in [0.2, 0.25) is 10.0 Å². The fourth-order valence-corrected chi connectivity index (χ4v) is 5.67. The molecule has 1 aliphatic heterocycles. The zero-order valence-electron chi connectivity index (χ0n) is 21.5. The average Bonchev–Trinajstić information content (AvgIpc) is 3.65. The molecule has 1 aromatic heterocycles. The van der Waals surface area contributed by atoms with E-state index in [9.17, 15) is 9.59 Å². The highest BCUT2D eigenvalue weighted by atomic mass is 35.5. The fourth-order valence-electron chi connectivity index (χ4n) is 4.70. The number of hydrogen-bond donors (Lipinski definition) is 1. The lowest BCUT2D eigenvalue weighted by Crippen LogP contribution is -2.47. The molecule has 1 atom stereocenters. The molecule has 1 fully saturated rings. The van der Waals surface area contributed by atoms with E-state index in [1.54, 1.807) is 28.4 Å². The SMILES string of the molecule is O=C(NCc1cccs1)[C@@H]1CC(=NOCc2ccc(Cl)c(Cl)c2)CN1C(=O)C(c1ccccc1)c1ccccc1. The lowest BCUT2D eigenvalue weighted by Gasteiger charge is -2.28. The minimum absolute atomic E-state index is 0.164. The Balaban J connectivity index is 1.39. The van der Waals surface area contributed by atoms with Crippen molar-refractivity contribution in [2.24, 2.45) is 5.16 Å². The highest BCUT2D eigenvalue weighted by Gasteiger charge is 2.41. The van der Waals surface area contributed by atoms with E-state index in [4.69, 9.17) is 28.0 Å². The molecule has 0 aliphatic carbocycles.